The standard InChI is InChI=1S/C55H73N3O11/c1-7-9-18-31-54(32-19-10-8-2)67-46-44-34-55(52(64)57(6)42(33-37-21-12-11-13-22-37)50(62)56-41(36-59)29-30-45(61)66-53(3,4)5)48(51(63)65-44)58(69-49(55)47(46)68-54)35-40-25-15-14-23-38(40)26-20-27-39-24-16-17-28-43(39)60/h11-17,20-26,28,41-42,44,46-49,59-60H,7-10,18-19,27,29-36H2,1-6H3,(H,56,62). The summed E-state index contributed by atoms with van der Waals surface area (Å²) in [6.07, 6.45) is 8.42. The number of allylic oxidation sites excluding steroid dienone is 1. The molecule has 3 heterocycles. The third-order valence-electron chi connectivity index (χ3n) is 14.0. The van der Waals surface area contributed by atoms with Crippen molar-refractivity contribution in [3.05, 3.63) is 107 Å². The first-order valence-electron chi connectivity index (χ1n) is 25.1. The zero-order chi connectivity index (χ0) is 49.3. The second-order valence-corrected chi connectivity index (χ2v) is 20.3. The predicted molar refractivity (Wildman–Crippen MR) is 260 cm³/mol. The molecular formula is C55H73N3O11. The predicted octanol–water partition coefficient (Wildman–Crippen LogP) is 7.76. The lowest BCUT2D eigenvalue weighted by atomic mass is 9.62. The van der Waals surface area contributed by atoms with Crippen molar-refractivity contribution in [3.8, 4) is 5.75 Å². The highest BCUT2D eigenvalue weighted by Crippen LogP contribution is 2.58. The van der Waals surface area contributed by atoms with E-state index >= 15 is 4.79 Å². The average Bonchev–Trinajstić information content (AvgIpc) is 3.88. The van der Waals surface area contributed by atoms with Gasteiger partial charge in [0.1, 0.15) is 47.2 Å². The number of aliphatic hydroxyl groups excluding tert-OH is 1. The lowest BCUT2D eigenvalue weighted by molar-refractivity contribution is -0.225. The zero-order valence-corrected chi connectivity index (χ0v) is 41.3. The van der Waals surface area contributed by atoms with Crippen LogP contribution in [0.1, 0.15) is 128 Å². The number of rotatable bonds is 23. The first kappa shape index (κ1) is 51.7. The largest absolute Gasteiger partial charge is 0.508 e. The molecule has 3 aromatic carbocycles. The molecule has 1 saturated carbocycles. The number of phenols is 1. The van der Waals surface area contributed by atoms with Gasteiger partial charge >= 0.3 is 11.9 Å². The molecular weight excluding hydrogens is 879 g/mol. The fourth-order valence-corrected chi connectivity index (χ4v) is 10.6. The zero-order valence-electron chi connectivity index (χ0n) is 41.3. The summed E-state index contributed by atoms with van der Waals surface area (Å²) in [5.41, 5.74) is 0.990. The minimum atomic E-state index is -1.57. The molecule has 4 fully saturated rings. The summed E-state index contributed by atoms with van der Waals surface area (Å²) in [6, 6.07) is 21.2. The number of para-hydroxylation sites is 1. The molecule has 1 aliphatic carbocycles. The molecule has 4 aliphatic rings. The maximum Gasteiger partial charge on any atom is 0.327 e. The maximum atomic E-state index is 16.0. The number of aliphatic hydroxyl groups is 1. The topological polar surface area (TPSA) is 173 Å². The van der Waals surface area contributed by atoms with Crippen LogP contribution in [0.15, 0.2) is 84.9 Å². The number of carbonyl (C=O) groups is 4. The van der Waals surface area contributed by atoms with Crippen LogP contribution >= 0.6 is 0 Å². The van der Waals surface area contributed by atoms with Gasteiger partial charge in [-0.1, -0.05) is 124 Å². The number of benzene rings is 3. The summed E-state index contributed by atoms with van der Waals surface area (Å²) in [4.78, 5) is 66.6. The highest BCUT2D eigenvalue weighted by Gasteiger charge is 2.76. The SMILES string of the molecule is CCCCCC1(CCCCC)OC2C3CC4(C(=O)N(C)C(Cc5ccccc5)C(=O)NC(CO)CCC(=O)OC(C)(C)C)C(ON(Cc5ccccc5C=CCc5ccccc5O)C4C(=O)O3)C2O1. The van der Waals surface area contributed by atoms with E-state index in [1.165, 1.54) is 4.90 Å². The quantitative estimate of drug-likeness (QED) is 0.0624. The van der Waals surface area contributed by atoms with Crippen molar-refractivity contribution >= 4 is 29.8 Å². The van der Waals surface area contributed by atoms with E-state index in [1.807, 2.05) is 78.9 Å². The van der Waals surface area contributed by atoms with Crippen molar-refractivity contribution in [1.29, 1.82) is 0 Å². The Kier molecular flexibility index (Phi) is 17.1. The Balaban J connectivity index is 1.25. The van der Waals surface area contributed by atoms with Gasteiger partial charge < -0.3 is 39.4 Å². The minimum absolute atomic E-state index is 0.0391. The molecule has 2 amide bonds. The molecule has 3 aromatic rings. The Morgan fingerprint density at radius 3 is 2.23 bits per heavy atom. The highest BCUT2D eigenvalue weighted by atomic mass is 16.8. The first-order chi connectivity index (χ1) is 33.1. The number of amides is 2. The Morgan fingerprint density at radius 1 is 0.913 bits per heavy atom. The third-order valence-corrected chi connectivity index (χ3v) is 14.0. The number of aromatic hydroxyl groups is 1. The minimum Gasteiger partial charge on any atom is -0.508 e. The number of nitrogens with zero attached hydrogens (tertiary/aromatic N) is 2. The number of hydrogen-bond acceptors (Lipinski definition) is 12. The molecule has 14 heteroatoms. The normalized spacial score (nSPS) is 24.6. The van der Waals surface area contributed by atoms with Gasteiger partial charge in [0.15, 0.2) is 11.8 Å². The number of phenolic OH excluding ortho intramolecular Hbond substituents is 1. The van der Waals surface area contributed by atoms with Crippen LogP contribution in [0, 0.1) is 5.41 Å². The molecule has 8 atom stereocenters. The number of hydrogen-bond donors (Lipinski definition) is 3. The van der Waals surface area contributed by atoms with E-state index in [-0.39, 0.29) is 38.0 Å². The van der Waals surface area contributed by atoms with Crippen LogP contribution < -0.4 is 5.32 Å². The summed E-state index contributed by atoms with van der Waals surface area (Å²) < 4.78 is 26.0. The van der Waals surface area contributed by atoms with Crippen molar-refractivity contribution in [1.82, 2.24) is 15.3 Å². The first-order valence-corrected chi connectivity index (χ1v) is 25.1. The van der Waals surface area contributed by atoms with Gasteiger partial charge in [-0.05, 0) is 74.8 Å². The summed E-state index contributed by atoms with van der Waals surface area (Å²) in [5.74, 6) is -2.83. The average molecular weight is 952 g/mol. The van der Waals surface area contributed by atoms with Gasteiger partial charge in [0.05, 0.1) is 19.2 Å². The third kappa shape index (κ3) is 11.9. The Bertz CT molecular complexity index is 2250. The number of hydroxylamine groups is 2. The fraction of sp³-hybridized carbons (Fsp3) is 0.564. The van der Waals surface area contributed by atoms with E-state index in [0.717, 1.165) is 60.8 Å². The van der Waals surface area contributed by atoms with Crippen LogP contribution in [0.3, 0.4) is 0 Å². The van der Waals surface area contributed by atoms with E-state index in [2.05, 4.69) is 19.2 Å². The van der Waals surface area contributed by atoms with E-state index in [9.17, 15) is 24.6 Å². The van der Waals surface area contributed by atoms with Crippen LogP contribution in [0.5, 0.6) is 5.75 Å². The van der Waals surface area contributed by atoms with Gasteiger partial charge in [-0.15, -0.1) is 0 Å². The summed E-state index contributed by atoms with van der Waals surface area (Å²) in [7, 11) is 1.58. The number of fused-ring (bicyclic) bond motifs is 4. The van der Waals surface area contributed by atoms with Crippen LogP contribution in [-0.4, -0.2) is 112 Å². The number of nitrogens with one attached hydrogen (secondary N) is 1. The lowest BCUT2D eigenvalue weighted by Gasteiger charge is -2.50. The molecule has 3 aliphatic heterocycles. The van der Waals surface area contributed by atoms with Crippen molar-refractivity contribution in [2.45, 2.75) is 179 Å². The number of likely N-dealkylation sites (N-methyl/N-ethyl adjacent to an activating group) is 1. The lowest BCUT2D eigenvalue weighted by Crippen LogP contribution is -2.70. The van der Waals surface area contributed by atoms with Gasteiger partial charge in [0.25, 0.3) is 0 Å². The molecule has 14 nitrogen and oxygen atoms in total. The second-order valence-electron chi connectivity index (χ2n) is 20.3. The molecule has 3 saturated heterocycles. The van der Waals surface area contributed by atoms with Gasteiger partial charge in [-0.2, -0.15) is 5.06 Å². The van der Waals surface area contributed by atoms with E-state index in [1.54, 1.807) is 45.0 Å². The number of carbonyl (C=O) groups excluding carboxylic acids is 4. The van der Waals surface area contributed by atoms with Crippen molar-refractivity contribution < 1.29 is 53.2 Å². The van der Waals surface area contributed by atoms with Crippen LogP contribution in [0.4, 0.5) is 0 Å². The van der Waals surface area contributed by atoms with Crippen molar-refractivity contribution in [2.24, 2.45) is 5.41 Å². The summed E-state index contributed by atoms with van der Waals surface area (Å²) in [5, 5.41) is 25.4. The maximum absolute atomic E-state index is 16.0. The fourth-order valence-electron chi connectivity index (χ4n) is 10.6. The van der Waals surface area contributed by atoms with Crippen molar-refractivity contribution in [2.75, 3.05) is 13.7 Å². The summed E-state index contributed by atoms with van der Waals surface area (Å²) in [6.45, 7) is 9.28. The van der Waals surface area contributed by atoms with E-state index in [4.69, 9.17) is 23.8 Å². The van der Waals surface area contributed by atoms with Crippen LogP contribution in [0.25, 0.3) is 6.08 Å². The van der Waals surface area contributed by atoms with Crippen LogP contribution in [-0.2, 0) is 62.3 Å². The molecule has 3 N–H and O–H groups in total. The molecule has 2 bridgehead atoms. The Labute approximate surface area is 407 Å². The molecule has 8 unspecified atom stereocenters. The molecule has 0 aromatic heterocycles. The van der Waals surface area contributed by atoms with E-state index in [0.29, 0.717) is 19.3 Å². The number of ether oxygens (including phenoxy) is 4. The molecule has 0 spiro atoms. The molecule has 374 valence electrons. The monoisotopic (exact) mass is 952 g/mol. The Morgan fingerprint density at radius 2 is 1.57 bits per heavy atom. The van der Waals surface area contributed by atoms with Gasteiger partial charge in [-0.3, -0.25) is 24.0 Å². The van der Waals surface area contributed by atoms with E-state index < -0.39 is 89.7 Å². The van der Waals surface area contributed by atoms with Gasteiger partial charge in [-0.25, -0.2) is 0 Å². The number of unbranched alkanes of at least 4 members (excludes halogenated alkanes) is 4. The number of esters is 2. The molecule has 0 radical (unpaired) electrons. The van der Waals surface area contributed by atoms with Crippen LogP contribution in [0.2, 0.25) is 0 Å². The Hall–Kier alpha value is -5.12. The van der Waals surface area contributed by atoms with Gasteiger partial charge in [0.2, 0.25) is 11.8 Å². The highest BCUT2D eigenvalue weighted by molar-refractivity contribution is 5.96. The van der Waals surface area contributed by atoms with Crippen molar-refractivity contribution in [3.63, 3.8) is 0 Å². The molecule has 7 rings (SSSR count). The smallest absolute Gasteiger partial charge is 0.327 e. The summed E-state index contributed by atoms with van der Waals surface area (Å²) >= 11 is 0. The van der Waals surface area contributed by atoms with Gasteiger partial charge in [0, 0.05) is 39.2 Å². The second kappa shape index (κ2) is 22.7. The molecule has 69 heavy (non-hydrogen) atoms.